The number of hydrogen-bond acceptors (Lipinski definition) is 1. The van der Waals surface area contributed by atoms with E-state index in [1.165, 1.54) is 36.8 Å². The van der Waals surface area contributed by atoms with Gasteiger partial charge in [-0.2, -0.15) is 0 Å². The maximum Gasteiger partial charge on any atom is 0.00722 e. The molecule has 0 aliphatic heterocycles. The van der Waals surface area contributed by atoms with Gasteiger partial charge in [-0.1, -0.05) is 50.1 Å². The summed E-state index contributed by atoms with van der Waals surface area (Å²) in [6.07, 6.45) is 6.62. The zero-order chi connectivity index (χ0) is 13.0. The third-order valence-corrected chi connectivity index (χ3v) is 4.13. The van der Waals surface area contributed by atoms with Crippen molar-refractivity contribution in [2.75, 3.05) is 6.54 Å². The van der Waals surface area contributed by atoms with Crippen molar-refractivity contribution in [2.45, 2.75) is 58.9 Å². The first kappa shape index (κ1) is 13.6. The van der Waals surface area contributed by atoms with Gasteiger partial charge in [0.2, 0.25) is 0 Å². The second kappa shape index (κ2) is 5.88. The fourth-order valence-corrected chi connectivity index (χ4v) is 3.16. The highest BCUT2D eigenvalue weighted by molar-refractivity contribution is 5.22. The SMILES string of the molecule is Cc1cccc(CCNC2CCCC(C)(C)C2)c1. The topological polar surface area (TPSA) is 12.0 Å². The third-order valence-electron chi connectivity index (χ3n) is 4.13. The summed E-state index contributed by atoms with van der Waals surface area (Å²) in [4.78, 5) is 0. The van der Waals surface area contributed by atoms with Crippen LogP contribution in [0.4, 0.5) is 0 Å². The molecular weight excluding hydrogens is 218 g/mol. The number of rotatable bonds is 4. The minimum absolute atomic E-state index is 0.541. The Morgan fingerprint density at radius 3 is 2.89 bits per heavy atom. The Kier molecular flexibility index (Phi) is 4.45. The molecule has 1 nitrogen and oxygen atoms in total. The molecule has 0 spiro atoms. The van der Waals surface area contributed by atoms with Crippen LogP contribution in [-0.2, 0) is 6.42 Å². The summed E-state index contributed by atoms with van der Waals surface area (Å²) in [5.41, 5.74) is 3.36. The first-order valence-electron chi connectivity index (χ1n) is 7.34. The average molecular weight is 245 g/mol. The maximum absolute atomic E-state index is 3.75. The molecule has 1 aromatic rings. The van der Waals surface area contributed by atoms with Crippen molar-refractivity contribution in [3.8, 4) is 0 Å². The summed E-state index contributed by atoms with van der Waals surface area (Å²) in [5, 5.41) is 3.75. The Morgan fingerprint density at radius 2 is 2.17 bits per heavy atom. The van der Waals surface area contributed by atoms with Crippen LogP contribution in [-0.4, -0.2) is 12.6 Å². The molecule has 0 aromatic heterocycles. The Hall–Kier alpha value is -0.820. The maximum atomic E-state index is 3.75. The molecule has 1 fully saturated rings. The lowest BCUT2D eigenvalue weighted by molar-refractivity contribution is 0.199. The van der Waals surface area contributed by atoms with Crippen molar-refractivity contribution in [1.82, 2.24) is 5.32 Å². The number of nitrogens with one attached hydrogen (secondary N) is 1. The predicted octanol–water partition coefficient (Wildman–Crippen LogP) is 4.10. The number of benzene rings is 1. The van der Waals surface area contributed by atoms with Crippen LogP contribution in [0.15, 0.2) is 24.3 Å². The summed E-state index contributed by atoms with van der Waals surface area (Å²) in [5.74, 6) is 0. The zero-order valence-electron chi connectivity index (χ0n) is 12.1. The van der Waals surface area contributed by atoms with E-state index in [1.807, 2.05) is 0 Å². The van der Waals surface area contributed by atoms with E-state index in [9.17, 15) is 0 Å². The standard InChI is InChI=1S/C17H27N/c1-14-6-4-7-15(12-14)9-11-18-16-8-5-10-17(2,3)13-16/h4,6-7,12,16,18H,5,8-11,13H2,1-3H3. The van der Waals surface area contributed by atoms with E-state index in [0.29, 0.717) is 5.41 Å². The van der Waals surface area contributed by atoms with Crippen molar-refractivity contribution in [3.63, 3.8) is 0 Å². The summed E-state index contributed by atoms with van der Waals surface area (Å²) in [7, 11) is 0. The van der Waals surface area contributed by atoms with Crippen molar-refractivity contribution < 1.29 is 0 Å². The van der Waals surface area contributed by atoms with E-state index < -0.39 is 0 Å². The highest BCUT2D eigenvalue weighted by Crippen LogP contribution is 2.34. The van der Waals surface area contributed by atoms with Crippen LogP contribution in [0.2, 0.25) is 0 Å². The highest BCUT2D eigenvalue weighted by Gasteiger charge is 2.27. The first-order valence-corrected chi connectivity index (χ1v) is 7.34. The number of hydrogen-bond donors (Lipinski definition) is 1. The van der Waals surface area contributed by atoms with E-state index in [-0.39, 0.29) is 0 Å². The Morgan fingerprint density at radius 1 is 1.33 bits per heavy atom. The normalized spacial score (nSPS) is 22.9. The smallest absolute Gasteiger partial charge is 0.00722 e. The lowest BCUT2D eigenvalue weighted by Crippen LogP contribution is -2.38. The predicted molar refractivity (Wildman–Crippen MR) is 78.9 cm³/mol. The second-order valence-corrected chi connectivity index (χ2v) is 6.65. The van der Waals surface area contributed by atoms with Gasteiger partial charge in [-0.15, -0.1) is 0 Å². The van der Waals surface area contributed by atoms with Crippen molar-refractivity contribution in [2.24, 2.45) is 5.41 Å². The van der Waals surface area contributed by atoms with Crippen LogP contribution >= 0.6 is 0 Å². The molecule has 18 heavy (non-hydrogen) atoms. The molecule has 0 radical (unpaired) electrons. The van der Waals surface area contributed by atoms with E-state index in [2.05, 4.69) is 50.4 Å². The molecular formula is C17H27N. The molecule has 0 bridgehead atoms. The lowest BCUT2D eigenvalue weighted by Gasteiger charge is -2.35. The Labute approximate surface area is 112 Å². The van der Waals surface area contributed by atoms with Crippen molar-refractivity contribution in [1.29, 1.82) is 0 Å². The van der Waals surface area contributed by atoms with Crippen LogP contribution in [0.3, 0.4) is 0 Å². The zero-order valence-corrected chi connectivity index (χ0v) is 12.1. The molecule has 0 saturated heterocycles. The second-order valence-electron chi connectivity index (χ2n) is 6.65. The van der Waals surface area contributed by atoms with Crippen LogP contribution in [0.1, 0.15) is 50.7 Å². The monoisotopic (exact) mass is 245 g/mol. The Bertz CT molecular complexity index is 381. The molecule has 1 aliphatic carbocycles. The molecule has 100 valence electrons. The van der Waals surface area contributed by atoms with E-state index in [0.717, 1.165) is 19.0 Å². The van der Waals surface area contributed by atoms with Gasteiger partial charge in [0, 0.05) is 6.04 Å². The van der Waals surface area contributed by atoms with Gasteiger partial charge in [0.05, 0.1) is 0 Å². The van der Waals surface area contributed by atoms with E-state index in [4.69, 9.17) is 0 Å². The molecule has 2 rings (SSSR count). The summed E-state index contributed by atoms with van der Waals surface area (Å²) < 4.78 is 0. The van der Waals surface area contributed by atoms with Gasteiger partial charge in [-0.3, -0.25) is 0 Å². The van der Waals surface area contributed by atoms with Crippen molar-refractivity contribution in [3.05, 3.63) is 35.4 Å². The van der Waals surface area contributed by atoms with Gasteiger partial charge in [0.25, 0.3) is 0 Å². The van der Waals surface area contributed by atoms with Gasteiger partial charge in [-0.25, -0.2) is 0 Å². The van der Waals surface area contributed by atoms with E-state index >= 15 is 0 Å². The molecule has 1 aliphatic rings. The van der Waals surface area contributed by atoms with Crippen molar-refractivity contribution >= 4 is 0 Å². The molecule has 0 amide bonds. The fraction of sp³-hybridized carbons (Fsp3) is 0.647. The van der Waals surface area contributed by atoms with E-state index in [1.54, 1.807) is 0 Å². The fourth-order valence-electron chi connectivity index (χ4n) is 3.16. The van der Waals surface area contributed by atoms with Crippen LogP contribution in [0.5, 0.6) is 0 Å². The molecule has 1 saturated carbocycles. The van der Waals surface area contributed by atoms with Crippen LogP contribution < -0.4 is 5.32 Å². The average Bonchev–Trinajstić information content (AvgIpc) is 2.28. The summed E-state index contributed by atoms with van der Waals surface area (Å²) in [6.45, 7) is 8.09. The van der Waals surface area contributed by atoms with Gasteiger partial charge in [0.1, 0.15) is 0 Å². The molecule has 1 atom stereocenters. The largest absolute Gasteiger partial charge is 0.314 e. The minimum Gasteiger partial charge on any atom is -0.314 e. The van der Waals surface area contributed by atoms with Gasteiger partial charge in [-0.05, 0) is 50.1 Å². The molecule has 1 aromatic carbocycles. The summed E-state index contributed by atoms with van der Waals surface area (Å²) >= 11 is 0. The van der Waals surface area contributed by atoms with Crippen LogP contribution in [0.25, 0.3) is 0 Å². The Balaban J connectivity index is 1.75. The lowest BCUT2D eigenvalue weighted by atomic mass is 9.75. The minimum atomic E-state index is 0.541. The molecule has 1 unspecified atom stereocenters. The summed E-state index contributed by atoms with van der Waals surface area (Å²) in [6, 6.07) is 9.60. The molecule has 0 heterocycles. The number of aryl methyl sites for hydroxylation is 1. The van der Waals surface area contributed by atoms with Gasteiger partial charge in [0.15, 0.2) is 0 Å². The van der Waals surface area contributed by atoms with Gasteiger partial charge >= 0.3 is 0 Å². The third kappa shape index (κ3) is 4.13. The quantitative estimate of drug-likeness (QED) is 0.842. The highest BCUT2D eigenvalue weighted by atomic mass is 14.9. The van der Waals surface area contributed by atoms with Crippen LogP contribution in [0, 0.1) is 12.3 Å². The van der Waals surface area contributed by atoms with Gasteiger partial charge < -0.3 is 5.32 Å². The molecule has 1 heteroatoms. The first-order chi connectivity index (χ1) is 8.55. The molecule has 1 N–H and O–H groups in total.